The third-order valence-corrected chi connectivity index (χ3v) is 2.84. The quantitative estimate of drug-likeness (QED) is 0.624. The lowest BCUT2D eigenvalue weighted by Gasteiger charge is -2.00. The molecular weight excluding hydrogens is 268 g/mol. The number of hydrogen-bond donors (Lipinski definition) is 2. The first-order chi connectivity index (χ1) is 9.66. The molecule has 2 aromatic rings. The second-order valence-electron chi connectivity index (χ2n) is 3.82. The third-order valence-electron chi connectivity index (χ3n) is 2.54. The van der Waals surface area contributed by atoms with Crippen molar-refractivity contribution in [2.75, 3.05) is 0 Å². The molecule has 0 atom stereocenters. The zero-order valence-electron chi connectivity index (χ0n) is 11.6. The fourth-order valence-electron chi connectivity index (χ4n) is 1.61. The summed E-state index contributed by atoms with van der Waals surface area (Å²) < 4.78 is 0. The van der Waals surface area contributed by atoms with Crippen molar-refractivity contribution in [1.82, 2.24) is 0 Å². The van der Waals surface area contributed by atoms with Crippen molar-refractivity contribution in [2.24, 2.45) is 0 Å². The van der Waals surface area contributed by atoms with Gasteiger partial charge >= 0.3 is 5.97 Å². The van der Waals surface area contributed by atoms with Crippen molar-refractivity contribution in [2.45, 2.75) is 18.7 Å². The summed E-state index contributed by atoms with van der Waals surface area (Å²) in [6.45, 7) is 4.00. The first kappa shape index (κ1) is 16.1. The van der Waals surface area contributed by atoms with Gasteiger partial charge in [0, 0.05) is 4.90 Å². The number of benzene rings is 2. The SMILES string of the molecule is CC.O=C(O)c1ccccc1C=Cc1ccc(S)cc1. The van der Waals surface area contributed by atoms with Crippen molar-refractivity contribution in [3.63, 3.8) is 0 Å². The fraction of sp³-hybridized carbons (Fsp3) is 0.118. The highest BCUT2D eigenvalue weighted by Crippen LogP contribution is 2.14. The number of rotatable bonds is 3. The van der Waals surface area contributed by atoms with Crippen molar-refractivity contribution in [3.05, 3.63) is 65.2 Å². The van der Waals surface area contributed by atoms with Crippen molar-refractivity contribution < 1.29 is 9.90 Å². The standard InChI is InChI=1S/C15H12O2S.C2H6/c16-15(17)14-4-2-1-3-12(14)8-5-11-6-9-13(18)10-7-11;1-2/h1-10,18H,(H,16,17);1-2H3. The predicted molar refractivity (Wildman–Crippen MR) is 87.4 cm³/mol. The van der Waals surface area contributed by atoms with E-state index in [9.17, 15) is 4.79 Å². The molecule has 0 saturated heterocycles. The summed E-state index contributed by atoms with van der Waals surface area (Å²) in [4.78, 5) is 11.9. The number of carboxylic acid groups (broad SMARTS) is 1. The van der Waals surface area contributed by atoms with Crippen LogP contribution in [0.25, 0.3) is 12.2 Å². The van der Waals surface area contributed by atoms with E-state index in [1.807, 2.05) is 50.3 Å². The van der Waals surface area contributed by atoms with Gasteiger partial charge in [0.2, 0.25) is 0 Å². The molecule has 2 nitrogen and oxygen atoms in total. The Hall–Kier alpha value is -2.00. The molecule has 0 amide bonds. The van der Waals surface area contributed by atoms with Gasteiger partial charge in [-0.2, -0.15) is 0 Å². The summed E-state index contributed by atoms with van der Waals surface area (Å²) in [6.07, 6.45) is 3.69. The molecule has 0 bridgehead atoms. The van der Waals surface area contributed by atoms with E-state index in [2.05, 4.69) is 12.6 Å². The van der Waals surface area contributed by atoms with Gasteiger partial charge in [-0.1, -0.05) is 56.3 Å². The Morgan fingerprint density at radius 1 is 1.00 bits per heavy atom. The van der Waals surface area contributed by atoms with E-state index in [0.717, 1.165) is 10.5 Å². The molecule has 2 aromatic carbocycles. The van der Waals surface area contributed by atoms with Gasteiger partial charge in [0.15, 0.2) is 0 Å². The second kappa shape index (κ2) is 8.23. The Labute approximate surface area is 125 Å². The largest absolute Gasteiger partial charge is 0.478 e. The molecule has 2 rings (SSSR count). The number of carboxylic acids is 1. The van der Waals surface area contributed by atoms with Gasteiger partial charge in [0.05, 0.1) is 5.56 Å². The highest BCUT2D eigenvalue weighted by Gasteiger charge is 2.05. The van der Waals surface area contributed by atoms with Crippen molar-refractivity contribution in [3.8, 4) is 0 Å². The number of hydrogen-bond acceptors (Lipinski definition) is 2. The number of thiol groups is 1. The highest BCUT2D eigenvalue weighted by molar-refractivity contribution is 7.80. The molecule has 0 aliphatic heterocycles. The second-order valence-corrected chi connectivity index (χ2v) is 4.33. The van der Waals surface area contributed by atoms with Crippen LogP contribution in [-0.4, -0.2) is 11.1 Å². The van der Waals surface area contributed by atoms with Gasteiger partial charge in [-0.15, -0.1) is 12.6 Å². The average Bonchev–Trinajstić information content (AvgIpc) is 2.49. The molecule has 0 aliphatic carbocycles. The van der Waals surface area contributed by atoms with Crippen LogP contribution in [0.15, 0.2) is 53.4 Å². The summed E-state index contributed by atoms with van der Waals surface area (Å²) in [5, 5.41) is 9.06. The lowest BCUT2D eigenvalue weighted by molar-refractivity contribution is 0.0696. The van der Waals surface area contributed by atoms with E-state index < -0.39 is 5.97 Å². The van der Waals surface area contributed by atoms with Gasteiger partial charge in [0.1, 0.15) is 0 Å². The van der Waals surface area contributed by atoms with Crippen molar-refractivity contribution in [1.29, 1.82) is 0 Å². The fourth-order valence-corrected chi connectivity index (χ4v) is 1.76. The maximum absolute atomic E-state index is 11.0. The van der Waals surface area contributed by atoms with E-state index in [1.54, 1.807) is 24.3 Å². The first-order valence-corrected chi connectivity index (χ1v) is 6.91. The highest BCUT2D eigenvalue weighted by atomic mass is 32.1. The van der Waals surface area contributed by atoms with Gasteiger partial charge in [0.25, 0.3) is 0 Å². The summed E-state index contributed by atoms with van der Waals surface area (Å²) in [7, 11) is 0. The van der Waals surface area contributed by atoms with Crippen LogP contribution < -0.4 is 0 Å². The predicted octanol–water partition coefficient (Wildman–Crippen LogP) is 4.87. The van der Waals surface area contributed by atoms with Crippen LogP contribution in [0.2, 0.25) is 0 Å². The lowest BCUT2D eigenvalue weighted by atomic mass is 10.1. The molecule has 0 fully saturated rings. The zero-order chi connectivity index (χ0) is 15.0. The van der Waals surface area contributed by atoms with Gasteiger partial charge in [-0.05, 0) is 29.3 Å². The molecule has 1 N–H and O–H groups in total. The van der Waals surface area contributed by atoms with E-state index >= 15 is 0 Å². The van der Waals surface area contributed by atoms with Crippen LogP contribution in [0, 0.1) is 0 Å². The molecule has 0 unspecified atom stereocenters. The van der Waals surface area contributed by atoms with Gasteiger partial charge in [-0.25, -0.2) is 4.79 Å². The minimum Gasteiger partial charge on any atom is -0.478 e. The minimum absolute atomic E-state index is 0.305. The van der Waals surface area contributed by atoms with Crippen LogP contribution in [0.5, 0.6) is 0 Å². The Kier molecular flexibility index (Phi) is 6.60. The van der Waals surface area contributed by atoms with Gasteiger partial charge < -0.3 is 5.11 Å². The Balaban J connectivity index is 0.000000956. The first-order valence-electron chi connectivity index (χ1n) is 6.46. The normalized spacial score (nSPS) is 9.95. The summed E-state index contributed by atoms with van der Waals surface area (Å²) >= 11 is 4.21. The molecule has 0 spiro atoms. The number of aromatic carboxylic acids is 1. The molecule has 20 heavy (non-hydrogen) atoms. The molecule has 104 valence electrons. The molecule has 0 radical (unpaired) electrons. The third kappa shape index (κ3) is 4.59. The Bertz CT molecular complexity index is 586. The van der Waals surface area contributed by atoms with Crippen LogP contribution in [0.1, 0.15) is 35.3 Å². The zero-order valence-corrected chi connectivity index (χ0v) is 12.5. The molecule has 0 aliphatic rings. The van der Waals surface area contributed by atoms with Crippen LogP contribution in [0.4, 0.5) is 0 Å². The monoisotopic (exact) mass is 286 g/mol. The molecule has 3 heteroatoms. The topological polar surface area (TPSA) is 37.3 Å². The average molecular weight is 286 g/mol. The van der Waals surface area contributed by atoms with Gasteiger partial charge in [-0.3, -0.25) is 0 Å². The Morgan fingerprint density at radius 2 is 1.60 bits per heavy atom. The summed E-state index contributed by atoms with van der Waals surface area (Å²) in [6, 6.07) is 14.6. The van der Waals surface area contributed by atoms with Crippen molar-refractivity contribution >= 4 is 30.8 Å². The minimum atomic E-state index is -0.916. The van der Waals surface area contributed by atoms with E-state index in [-0.39, 0.29) is 0 Å². The lowest BCUT2D eigenvalue weighted by Crippen LogP contribution is -1.98. The molecule has 0 saturated carbocycles. The number of carbonyl (C=O) groups is 1. The van der Waals surface area contributed by atoms with E-state index in [0.29, 0.717) is 11.1 Å². The Morgan fingerprint density at radius 3 is 2.20 bits per heavy atom. The summed E-state index contributed by atoms with van der Waals surface area (Å²) in [5.74, 6) is -0.916. The maximum Gasteiger partial charge on any atom is 0.336 e. The summed E-state index contributed by atoms with van der Waals surface area (Å²) in [5.41, 5.74) is 2.01. The van der Waals surface area contributed by atoms with Crippen LogP contribution >= 0.6 is 12.6 Å². The van der Waals surface area contributed by atoms with Crippen LogP contribution in [-0.2, 0) is 0 Å². The molecule has 0 aromatic heterocycles. The molecular formula is C17H18O2S. The van der Waals surface area contributed by atoms with E-state index in [4.69, 9.17) is 5.11 Å². The smallest absolute Gasteiger partial charge is 0.336 e. The molecule has 0 heterocycles. The van der Waals surface area contributed by atoms with E-state index in [1.165, 1.54) is 0 Å². The van der Waals surface area contributed by atoms with Crippen LogP contribution in [0.3, 0.4) is 0 Å². The maximum atomic E-state index is 11.0.